The van der Waals surface area contributed by atoms with E-state index in [0.717, 1.165) is 19.4 Å². The van der Waals surface area contributed by atoms with E-state index in [1.54, 1.807) is 7.11 Å². The maximum Gasteiger partial charge on any atom is 0.110 e. The summed E-state index contributed by atoms with van der Waals surface area (Å²) in [6.45, 7) is 6.50. The lowest BCUT2D eigenvalue weighted by atomic mass is 10.1. The van der Waals surface area contributed by atoms with Crippen molar-refractivity contribution in [3.63, 3.8) is 0 Å². The van der Waals surface area contributed by atoms with Crippen LogP contribution in [-0.4, -0.2) is 51.1 Å². The molecule has 0 radical (unpaired) electrons. The number of hydrogen-bond donors (Lipinski definition) is 1. The van der Waals surface area contributed by atoms with Crippen molar-refractivity contribution in [3.8, 4) is 0 Å². The predicted octanol–water partition coefficient (Wildman–Crippen LogP) is 1.16. The highest BCUT2D eigenvalue weighted by atomic mass is 16.7. The summed E-state index contributed by atoms with van der Waals surface area (Å²) in [5, 5.41) is 0. The monoisotopic (exact) mass is 219 g/mol. The van der Waals surface area contributed by atoms with Crippen molar-refractivity contribution in [3.05, 3.63) is 0 Å². The largest absolute Gasteiger partial charge is 0.379 e. The number of hydroxylamine groups is 3. The van der Waals surface area contributed by atoms with Gasteiger partial charge in [-0.1, -0.05) is 0 Å². The first-order valence-electron chi connectivity index (χ1n) is 5.56. The Hall–Kier alpha value is -0.160. The van der Waals surface area contributed by atoms with Crippen LogP contribution in [0.25, 0.3) is 0 Å². The topological polar surface area (TPSA) is 44.5 Å². The summed E-state index contributed by atoms with van der Waals surface area (Å²) in [5.41, 5.74) is 5.37. The van der Waals surface area contributed by atoms with E-state index >= 15 is 0 Å². The molecule has 0 fully saturated rings. The van der Waals surface area contributed by atoms with Crippen LogP contribution in [0.3, 0.4) is 0 Å². The quantitative estimate of drug-likeness (QED) is 0.492. The summed E-state index contributed by atoms with van der Waals surface area (Å²) >= 11 is 0. The fourth-order valence-corrected chi connectivity index (χ4v) is 1.18. The van der Waals surface area contributed by atoms with Crippen LogP contribution in [0.1, 0.15) is 26.7 Å². The summed E-state index contributed by atoms with van der Waals surface area (Å²) in [4.78, 5) is 5.77. The van der Waals surface area contributed by atoms with E-state index in [-0.39, 0.29) is 5.60 Å². The Morgan fingerprint density at radius 3 is 2.33 bits per heavy atom. The van der Waals surface area contributed by atoms with Crippen molar-refractivity contribution >= 4 is 0 Å². The van der Waals surface area contributed by atoms with Crippen LogP contribution in [-0.2, 0) is 9.57 Å². The third kappa shape index (κ3) is 7.73. The molecule has 0 aromatic carbocycles. The summed E-state index contributed by atoms with van der Waals surface area (Å²) in [6, 6.07) is 0. The Morgan fingerprint density at radius 2 is 1.87 bits per heavy atom. The number of hydrogen-bond acceptors (Lipinski definition) is 3. The van der Waals surface area contributed by atoms with E-state index in [4.69, 9.17) is 15.3 Å². The van der Waals surface area contributed by atoms with Crippen molar-refractivity contribution in [2.24, 2.45) is 5.73 Å². The average molecular weight is 219 g/mol. The molecule has 0 heterocycles. The first-order valence-corrected chi connectivity index (χ1v) is 5.56. The zero-order valence-electron chi connectivity index (χ0n) is 10.9. The lowest BCUT2D eigenvalue weighted by Crippen LogP contribution is -2.42. The molecule has 0 amide bonds. The molecule has 0 bridgehead atoms. The van der Waals surface area contributed by atoms with Gasteiger partial charge in [0.05, 0.1) is 19.7 Å². The van der Waals surface area contributed by atoms with Gasteiger partial charge in [0.15, 0.2) is 0 Å². The summed E-state index contributed by atoms with van der Waals surface area (Å²) in [7, 11) is 5.83. The lowest BCUT2D eigenvalue weighted by molar-refractivity contribution is -1.08. The molecule has 4 nitrogen and oxygen atoms in total. The third-order valence-electron chi connectivity index (χ3n) is 2.60. The van der Waals surface area contributed by atoms with Crippen molar-refractivity contribution < 1.29 is 14.2 Å². The molecule has 0 spiro atoms. The molecule has 0 saturated carbocycles. The average Bonchev–Trinajstić information content (AvgIpc) is 2.14. The predicted molar refractivity (Wildman–Crippen MR) is 62.3 cm³/mol. The minimum absolute atomic E-state index is 0.103. The molecule has 0 aromatic heterocycles. The molecule has 0 aliphatic carbocycles. The molecule has 92 valence electrons. The fraction of sp³-hybridized carbons (Fsp3) is 1.00. The van der Waals surface area contributed by atoms with E-state index in [2.05, 4.69) is 27.9 Å². The van der Waals surface area contributed by atoms with Gasteiger partial charge < -0.3 is 10.5 Å². The lowest BCUT2D eigenvalue weighted by Gasteiger charge is -2.29. The van der Waals surface area contributed by atoms with Gasteiger partial charge in [0, 0.05) is 20.0 Å². The van der Waals surface area contributed by atoms with E-state index < -0.39 is 0 Å². The SMILES string of the molecule is COC(C)(C)CCO[N+](C)(C)CCCN. The number of nitrogens with zero attached hydrogens (tertiary/aromatic N) is 1. The molecule has 0 aliphatic heterocycles. The van der Waals surface area contributed by atoms with Crippen LogP contribution in [0.15, 0.2) is 0 Å². The minimum atomic E-state index is -0.103. The van der Waals surface area contributed by atoms with Gasteiger partial charge in [-0.3, -0.25) is 0 Å². The maximum atomic E-state index is 5.77. The highest BCUT2D eigenvalue weighted by molar-refractivity contribution is 4.65. The third-order valence-corrected chi connectivity index (χ3v) is 2.60. The zero-order valence-corrected chi connectivity index (χ0v) is 10.9. The molecule has 0 atom stereocenters. The number of rotatable bonds is 8. The van der Waals surface area contributed by atoms with Crippen molar-refractivity contribution in [1.82, 2.24) is 0 Å². The number of nitrogens with two attached hydrogens (primary N) is 1. The Bertz CT molecular complexity index is 170. The van der Waals surface area contributed by atoms with Gasteiger partial charge in [-0.2, -0.15) is 4.65 Å². The Balaban J connectivity index is 3.74. The van der Waals surface area contributed by atoms with Gasteiger partial charge >= 0.3 is 0 Å². The standard InChI is InChI=1S/C11H27N2O2/c1-11(2,14-5)7-10-15-13(3,4)9-6-8-12/h6-10,12H2,1-5H3/q+1. The summed E-state index contributed by atoms with van der Waals surface area (Å²) in [6.07, 6.45) is 1.88. The molecule has 0 aliphatic rings. The normalized spacial score (nSPS) is 13.2. The molecule has 15 heavy (non-hydrogen) atoms. The van der Waals surface area contributed by atoms with Crippen LogP contribution in [0.2, 0.25) is 0 Å². The minimum Gasteiger partial charge on any atom is -0.379 e. The smallest absolute Gasteiger partial charge is 0.110 e. The van der Waals surface area contributed by atoms with Crippen LogP contribution in [0.4, 0.5) is 0 Å². The van der Waals surface area contributed by atoms with Gasteiger partial charge in [-0.15, -0.1) is 0 Å². The molecule has 0 aromatic rings. The van der Waals surface area contributed by atoms with Crippen molar-refractivity contribution in [1.29, 1.82) is 0 Å². The van der Waals surface area contributed by atoms with E-state index in [1.165, 1.54) is 0 Å². The van der Waals surface area contributed by atoms with Gasteiger partial charge in [0.2, 0.25) is 0 Å². The summed E-state index contributed by atoms with van der Waals surface area (Å²) in [5.74, 6) is 0. The molecular formula is C11H27N2O2+. The molecule has 0 saturated heterocycles. The number of ether oxygens (including phenoxy) is 1. The number of quaternary nitrogens is 1. The van der Waals surface area contributed by atoms with Gasteiger partial charge in [-0.05, 0) is 20.4 Å². The molecule has 0 unspecified atom stereocenters. The van der Waals surface area contributed by atoms with Crippen LogP contribution in [0.5, 0.6) is 0 Å². The Kier molecular flexibility index (Phi) is 6.36. The van der Waals surface area contributed by atoms with Crippen molar-refractivity contribution in [2.45, 2.75) is 32.3 Å². The summed E-state index contributed by atoms with van der Waals surface area (Å²) < 4.78 is 5.89. The van der Waals surface area contributed by atoms with Crippen LogP contribution < -0.4 is 5.73 Å². The second kappa shape index (κ2) is 6.43. The first-order chi connectivity index (χ1) is 6.83. The zero-order chi connectivity index (χ0) is 11.9. The second-order valence-corrected chi connectivity index (χ2v) is 4.99. The Morgan fingerprint density at radius 1 is 1.27 bits per heavy atom. The van der Waals surface area contributed by atoms with E-state index in [1.807, 2.05) is 0 Å². The highest BCUT2D eigenvalue weighted by Crippen LogP contribution is 2.14. The van der Waals surface area contributed by atoms with Crippen LogP contribution >= 0.6 is 0 Å². The molecule has 0 rings (SSSR count). The van der Waals surface area contributed by atoms with Gasteiger partial charge in [0.25, 0.3) is 0 Å². The van der Waals surface area contributed by atoms with Gasteiger partial charge in [0.1, 0.15) is 13.2 Å². The molecule has 2 N–H and O–H groups in total. The number of methoxy groups -OCH3 is 1. The Labute approximate surface area is 93.9 Å². The van der Waals surface area contributed by atoms with E-state index in [0.29, 0.717) is 17.8 Å². The van der Waals surface area contributed by atoms with E-state index in [9.17, 15) is 0 Å². The van der Waals surface area contributed by atoms with Crippen LogP contribution in [0, 0.1) is 0 Å². The molecular weight excluding hydrogens is 192 g/mol. The molecule has 4 heteroatoms. The maximum absolute atomic E-state index is 5.77. The highest BCUT2D eigenvalue weighted by Gasteiger charge is 2.20. The first kappa shape index (κ1) is 14.8. The van der Waals surface area contributed by atoms with Crippen molar-refractivity contribution in [2.75, 3.05) is 40.9 Å². The second-order valence-electron chi connectivity index (χ2n) is 4.99. The van der Waals surface area contributed by atoms with Gasteiger partial charge in [-0.25, -0.2) is 4.84 Å². The fourth-order valence-electron chi connectivity index (χ4n) is 1.18.